The summed E-state index contributed by atoms with van der Waals surface area (Å²) in [6, 6.07) is 16.8. The molecule has 3 aromatic carbocycles. The molecule has 4 rings (SSSR count). The molecule has 0 aliphatic carbocycles. The van der Waals surface area contributed by atoms with E-state index in [1.165, 1.54) is 19.2 Å². The first kappa shape index (κ1) is 19.1. The number of aromatic nitrogens is 1. The number of hydrogen-bond donors (Lipinski definition) is 1. The van der Waals surface area contributed by atoms with Gasteiger partial charge in [-0.05, 0) is 46.3 Å². The van der Waals surface area contributed by atoms with Gasteiger partial charge in [-0.3, -0.25) is 9.59 Å². The summed E-state index contributed by atoms with van der Waals surface area (Å²) in [7, 11) is 1.44. The first-order chi connectivity index (χ1) is 14.0. The van der Waals surface area contributed by atoms with E-state index in [0.29, 0.717) is 32.0 Å². The van der Waals surface area contributed by atoms with E-state index in [9.17, 15) is 14.0 Å². The Balaban J connectivity index is 1.80. The van der Waals surface area contributed by atoms with Crippen LogP contribution in [0.2, 0.25) is 0 Å². The highest BCUT2D eigenvalue weighted by atomic mass is 79.9. The van der Waals surface area contributed by atoms with Gasteiger partial charge < -0.3 is 14.6 Å². The van der Waals surface area contributed by atoms with Gasteiger partial charge in [0.05, 0.1) is 28.3 Å². The van der Waals surface area contributed by atoms with Crippen LogP contribution >= 0.6 is 15.9 Å². The van der Waals surface area contributed by atoms with E-state index in [0.717, 1.165) is 0 Å². The van der Waals surface area contributed by atoms with Gasteiger partial charge in [0.1, 0.15) is 12.4 Å². The monoisotopic (exact) mass is 454 g/mol. The van der Waals surface area contributed by atoms with Gasteiger partial charge in [-0.1, -0.05) is 24.3 Å². The van der Waals surface area contributed by atoms with Gasteiger partial charge in [0, 0.05) is 16.8 Å². The SMILES string of the molecule is COc1c(Br)cc(F)cc1NC(=O)Cn1c2ccccc2c(=O)c2ccccc21. The fourth-order valence-corrected chi connectivity index (χ4v) is 4.04. The number of hydrogen-bond acceptors (Lipinski definition) is 3. The first-order valence-corrected chi connectivity index (χ1v) is 9.62. The molecule has 7 heteroatoms. The summed E-state index contributed by atoms with van der Waals surface area (Å²) in [6.07, 6.45) is 0. The minimum atomic E-state index is -0.507. The van der Waals surface area contributed by atoms with Crippen LogP contribution in [0.3, 0.4) is 0 Å². The number of anilines is 1. The van der Waals surface area contributed by atoms with Crippen LogP contribution in [-0.4, -0.2) is 17.6 Å². The molecule has 0 aliphatic heterocycles. The number of nitrogens with one attached hydrogen (secondary N) is 1. The molecule has 0 radical (unpaired) electrons. The minimum absolute atomic E-state index is 0.0570. The average Bonchev–Trinajstić information content (AvgIpc) is 2.71. The van der Waals surface area contributed by atoms with Crippen LogP contribution in [0.15, 0.2) is 69.9 Å². The lowest BCUT2D eigenvalue weighted by molar-refractivity contribution is -0.116. The van der Waals surface area contributed by atoms with Crippen molar-refractivity contribution in [2.24, 2.45) is 0 Å². The van der Waals surface area contributed by atoms with Crippen molar-refractivity contribution in [2.75, 3.05) is 12.4 Å². The fourth-order valence-electron chi connectivity index (χ4n) is 3.44. The number of amides is 1. The Bertz CT molecular complexity index is 1260. The van der Waals surface area contributed by atoms with Crippen LogP contribution in [0.1, 0.15) is 0 Å². The van der Waals surface area contributed by atoms with E-state index in [-0.39, 0.29) is 23.6 Å². The van der Waals surface area contributed by atoms with Crippen molar-refractivity contribution in [1.29, 1.82) is 0 Å². The van der Waals surface area contributed by atoms with E-state index in [1.807, 2.05) is 12.1 Å². The van der Waals surface area contributed by atoms with E-state index < -0.39 is 5.82 Å². The van der Waals surface area contributed by atoms with Gasteiger partial charge in [0.15, 0.2) is 11.2 Å². The quantitative estimate of drug-likeness (QED) is 0.454. The molecule has 146 valence electrons. The Kier molecular flexibility index (Phi) is 5.07. The Morgan fingerprint density at radius 2 is 1.66 bits per heavy atom. The van der Waals surface area contributed by atoms with Gasteiger partial charge in [0.25, 0.3) is 0 Å². The van der Waals surface area contributed by atoms with Crippen LogP contribution in [0.25, 0.3) is 21.8 Å². The molecule has 1 aromatic heterocycles. The van der Waals surface area contributed by atoms with Crippen molar-refractivity contribution in [3.05, 3.63) is 81.2 Å². The number of ether oxygens (including phenoxy) is 1. The molecule has 4 aromatic rings. The molecule has 1 heterocycles. The number of carbonyl (C=O) groups is 1. The third-order valence-electron chi connectivity index (χ3n) is 4.67. The largest absolute Gasteiger partial charge is 0.493 e. The van der Waals surface area contributed by atoms with E-state index >= 15 is 0 Å². The average molecular weight is 455 g/mol. The number of halogens is 2. The van der Waals surface area contributed by atoms with Gasteiger partial charge >= 0.3 is 0 Å². The molecule has 0 bridgehead atoms. The minimum Gasteiger partial charge on any atom is -0.493 e. The maximum atomic E-state index is 13.8. The van der Waals surface area contributed by atoms with Gasteiger partial charge in [0.2, 0.25) is 5.91 Å². The van der Waals surface area contributed by atoms with Crippen LogP contribution in [0, 0.1) is 5.82 Å². The third-order valence-corrected chi connectivity index (χ3v) is 5.26. The molecule has 0 unspecified atom stereocenters. The third kappa shape index (κ3) is 3.49. The molecule has 0 saturated carbocycles. The molecule has 0 fully saturated rings. The van der Waals surface area contributed by atoms with Crippen LogP contribution in [-0.2, 0) is 11.3 Å². The highest BCUT2D eigenvalue weighted by Crippen LogP contribution is 2.34. The maximum absolute atomic E-state index is 13.8. The standard InChI is InChI=1S/C22H16BrFN2O3/c1-29-22-16(23)10-13(24)11-17(22)25-20(27)12-26-18-8-4-2-6-14(18)21(28)15-7-3-5-9-19(15)26/h2-11H,12H2,1H3,(H,25,27). The predicted molar refractivity (Wildman–Crippen MR) is 115 cm³/mol. The number of carbonyl (C=O) groups excluding carboxylic acids is 1. The molecule has 0 spiro atoms. The van der Waals surface area contributed by atoms with Gasteiger partial charge in [-0.2, -0.15) is 0 Å². The highest BCUT2D eigenvalue weighted by molar-refractivity contribution is 9.10. The number of methoxy groups -OCH3 is 1. The van der Waals surface area contributed by atoms with Gasteiger partial charge in [-0.15, -0.1) is 0 Å². The number of fused-ring (bicyclic) bond motifs is 2. The Labute approximate surface area is 173 Å². The number of para-hydroxylation sites is 2. The second-order valence-corrected chi connectivity index (χ2v) is 7.32. The predicted octanol–water partition coefficient (Wildman–Crippen LogP) is 4.70. The molecule has 5 nitrogen and oxygen atoms in total. The highest BCUT2D eigenvalue weighted by Gasteiger charge is 2.16. The molecule has 29 heavy (non-hydrogen) atoms. The normalized spacial score (nSPS) is 11.0. The molecular weight excluding hydrogens is 439 g/mol. The van der Waals surface area contributed by atoms with Crippen molar-refractivity contribution in [1.82, 2.24) is 4.57 Å². The summed E-state index contributed by atoms with van der Waals surface area (Å²) < 4.78 is 21.2. The molecule has 0 saturated heterocycles. The summed E-state index contributed by atoms with van der Waals surface area (Å²) in [5.74, 6) is -0.554. The summed E-state index contributed by atoms with van der Waals surface area (Å²) >= 11 is 3.23. The van der Waals surface area contributed by atoms with Crippen molar-refractivity contribution >= 4 is 49.3 Å². The number of nitrogens with zero attached hydrogens (tertiary/aromatic N) is 1. The van der Waals surface area contributed by atoms with E-state index in [2.05, 4.69) is 21.2 Å². The topological polar surface area (TPSA) is 60.3 Å². The van der Waals surface area contributed by atoms with Crippen molar-refractivity contribution < 1.29 is 13.9 Å². The smallest absolute Gasteiger partial charge is 0.244 e. The van der Waals surface area contributed by atoms with E-state index in [1.54, 1.807) is 41.0 Å². The zero-order valence-electron chi connectivity index (χ0n) is 15.4. The zero-order chi connectivity index (χ0) is 20.5. The Morgan fingerprint density at radius 3 is 2.24 bits per heavy atom. The Morgan fingerprint density at radius 1 is 1.07 bits per heavy atom. The molecule has 0 aliphatic rings. The van der Waals surface area contributed by atoms with Crippen LogP contribution < -0.4 is 15.5 Å². The second kappa shape index (κ2) is 7.67. The zero-order valence-corrected chi connectivity index (χ0v) is 17.0. The molecule has 0 atom stereocenters. The first-order valence-electron chi connectivity index (χ1n) is 8.82. The molecule has 1 amide bonds. The number of pyridine rings is 1. The van der Waals surface area contributed by atoms with Crippen molar-refractivity contribution in [3.8, 4) is 5.75 Å². The lowest BCUT2D eigenvalue weighted by Gasteiger charge is -2.16. The summed E-state index contributed by atoms with van der Waals surface area (Å²) in [4.78, 5) is 25.6. The van der Waals surface area contributed by atoms with Crippen molar-refractivity contribution in [3.63, 3.8) is 0 Å². The fraction of sp³-hybridized carbons (Fsp3) is 0.0909. The van der Waals surface area contributed by atoms with Gasteiger partial charge in [-0.25, -0.2) is 4.39 Å². The van der Waals surface area contributed by atoms with Crippen molar-refractivity contribution in [2.45, 2.75) is 6.54 Å². The summed E-state index contributed by atoms with van der Waals surface area (Å²) in [6.45, 7) is -0.0570. The lowest BCUT2D eigenvalue weighted by Crippen LogP contribution is -2.22. The lowest BCUT2D eigenvalue weighted by atomic mass is 10.1. The van der Waals surface area contributed by atoms with Crippen LogP contribution in [0.4, 0.5) is 10.1 Å². The maximum Gasteiger partial charge on any atom is 0.244 e. The number of rotatable bonds is 4. The molecular formula is C22H16BrFN2O3. The molecule has 1 N–H and O–H groups in total. The summed E-state index contributed by atoms with van der Waals surface area (Å²) in [5.41, 5.74) is 1.44. The Hall–Kier alpha value is -3.19. The van der Waals surface area contributed by atoms with E-state index in [4.69, 9.17) is 4.74 Å². The number of benzene rings is 3. The summed E-state index contributed by atoms with van der Waals surface area (Å²) in [5, 5.41) is 3.77. The van der Waals surface area contributed by atoms with Crippen LogP contribution in [0.5, 0.6) is 5.75 Å². The second-order valence-electron chi connectivity index (χ2n) is 6.47.